The molecule has 48 heavy (non-hydrogen) atoms. The highest BCUT2D eigenvalue weighted by Crippen LogP contribution is 2.48. The van der Waals surface area contributed by atoms with Crippen molar-refractivity contribution in [2.45, 2.75) is 0 Å². The molecule has 0 saturated heterocycles. The van der Waals surface area contributed by atoms with E-state index in [1.165, 1.54) is 68.2 Å². The number of furan rings is 1. The van der Waals surface area contributed by atoms with Crippen LogP contribution in [-0.2, 0) is 0 Å². The number of aromatic nitrogens is 1. The van der Waals surface area contributed by atoms with Crippen molar-refractivity contribution in [3.63, 3.8) is 0 Å². The minimum Gasteiger partial charge on any atom is -0.455 e. The lowest BCUT2D eigenvalue weighted by Gasteiger charge is -2.09. The first-order valence-corrected chi connectivity index (χ1v) is 17.8. The third-order valence-electron chi connectivity index (χ3n) is 9.83. The van der Waals surface area contributed by atoms with E-state index in [1.54, 1.807) is 0 Å². The number of hydrogen-bond acceptors (Lipinski definition) is 3. The second-order valence-electron chi connectivity index (χ2n) is 12.4. The van der Waals surface area contributed by atoms with Crippen molar-refractivity contribution in [2.75, 3.05) is 0 Å². The van der Waals surface area contributed by atoms with Crippen LogP contribution in [0.5, 0.6) is 0 Å². The average molecular weight is 648 g/mol. The van der Waals surface area contributed by atoms with Gasteiger partial charge in [-0.2, -0.15) is 0 Å². The zero-order valence-corrected chi connectivity index (χ0v) is 27.2. The van der Waals surface area contributed by atoms with Crippen LogP contribution in [-0.4, -0.2) is 4.57 Å². The molecule has 224 valence electrons. The lowest BCUT2D eigenvalue weighted by molar-refractivity contribution is 0.671. The summed E-state index contributed by atoms with van der Waals surface area (Å²) < 4.78 is 14.6. The maximum Gasteiger partial charge on any atom is 0.143 e. The molecule has 0 fully saturated rings. The number of para-hydroxylation sites is 4. The van der Waals surface area contributed by atoms with Crippen LogP contribution in [0, 0.1) is 0 Å². The molecule has 4 aromatic heterocycles. The topological polar surface area (TPSA) is 18.1 Å². The van der Waals surface area contributed by atoms with Gasteiger partial charge in [-0.05, 0) is 24.3 Å². The summed E-state index contributed by atoms with van der Waals surface area (Å²) in [4.78, 5) is 0. The maximum atomic E-state index is 7.02. The predicted molar refractivity (Wildman–Crippen MR) is 207 cm³/mol. The van der Waals surface area contributed by atoms with Gasteiger partial charge >= 0.3 is 0 Å². The fourth-order valence-corrected chi connectivity index (χ4v) is 10.3. The van der Waals surface area contributed by atoms with Crippen molar-refractivity contribution in [1.29, 1.82) is 0 Å². The quantitative estimate of drug-likeness (QED) is 0.187. The molecule has 11 rings (SSSR count). The van der Waals surface area contributed by atoms with Gasteiger partial charge in [0.1, 0.15) is 11.2 Å². The van der Waals surface area contributed by atoms with Crippen molar-refractivity contribution in [3.8, 4) is 27.9 Å². The van der Waals surface area contributed by atoms with Gasteiger partial charge in [0.05, 0.1) is 15.7 Å². The molecule has 0 N–H and O–H groups in total. The van der Waals surface area contributed by atoms with Crippen molar-refractivity contribution in [1.82, 2.24) is 4.57 Å². The molecule has 0 aliphatic carbocycles. The Morgan fingerprint density at radius 1 is 0.375 bits per heavy atom. The summed E-state index contributed by atoms with van der Waals surface area (Å²) in [5.74, 6) is 0. The summed E-state index contributed by atoms with van der Waals surface area (Å²) in [6.07, 6.45) is 0. The van der Waals surface area contributed by atoms with Crippen LogP contribution < -0.4 is 0 Å². The number of rotatable bonds is 3. The van der Waals surface area contributed by atoms with E-state index >= 15 is 0 Å². The van der Waals surface area contributed by atoms with E-state index in [0.29, 0.717) is 0 Å². The first kappa shape index (κ1) is 26.4. The zero-order valence-electron chi connectivity index (χ0n) is 25.6. The second kappa shape index (κ2) is 9.91. The van der Waals surface area contributed by atoms with Crippen LogP contribution in [0.4, 0.5) is 0 Å². The van der Waals surface area contributed by atoms with Crippen LogP contribution in [0.2, 0.25) is 0 Å². The van der Waals surface area contributed by atoms with Crippen LogP contribution in [0.15, 0.2) is 156 Å². The van der Waals surface area contributed by atoms with Crippen LogP contribution in [0.25, 0.3) is 101 Å². The number of benzene rings is 7. The normalized spacial score (nSPS) is 12.2. The first-order valence-electron chi connectivity index (χ1n) is 16.2. The fourth-order valence-electron chi connectivity index (χ4n) is 7.75. The van der Waals surface area contributed by atoms with Crippen molar-refractivity contribution in [3.05, 3.63) is 152 Å². The highest BCUT2D eigenvalue weighted by molar-refractivity contribution is 7.27. The van der Waals surface area contributed by atoms with Crippen LogP contribution >= 0.6 is 22.7 Å². The van der Waals surface area contributed by atoms with Crippen LogP contribution in [0.3, 0.4) is 0 Å². The van der Waals surface area contributed by atoms with Gasteiger partial charge in [-0.25, -0.2) is 0 Å². The van der Waals surface area contributed by atoms with Gasteiger partial charge < -0.3 is 8.98 Å². The molecule has 4 heterocycles. The molecule has 4 heteroatoms. The largest absolute Gasteiger partial charge is 0.455 e. The minimum absolute atomic E-state index is 0.935. The van der Waals surface area contributed by atoms with Gasteiger partial charge in [0.25, 0.3) is 0 Å². The van der Waals surface area contributed by atoms with Gasteiger partial charge in [0.2, 0.25) is 0 Å². The van der Waals surface area contributed by atoms with Crippen molar-refractivity contribution < 1.29 is 4.42 Å². The van der Waals surface area contributed by atoms with Gasteiger partial charge in [-0.15, -0.1) is 22.7 Å². The Balaban J connectivity index is 1.18. The smallest absolute Gasteiger partial charge is 0.143 e. The van der Waals surface area contributed by atoms with E-state index in [-0.39, 0.29) is 0 Å². The molecule has 2 nitrogen and oxygen atoms in total. The standard InChI is InChI=1S/C44H25NOS2/c1-2-12-26(13-3-1)45-37-24-6-4-15-35(37)44-39(45)36-23-11-22-34(43(36)48-44)31-19-9-17-29-28-16-8-18-30(40(28)46-41(29)31)33-21-10-20-32-27-14-5-7-25-38(27)47-42(32)33/h1-25H. The minimum atomic E-state index is 0.935. The SMILES string of the molecule is c1ccc(-n2c3ccccc3c3sc4c(-c5cccc6c5oc5c(-c7cccc8c7sc7ccccc78)cccc56)cccc4c32)cc1. The van der Waals surface area contributed by atoms with E-state index in [4.69, 9.17) is 4.42 Å². The Morgan fingerprint density at radius 2 is 0.917 bits per heavy atom. The molecule has 0 amide bonds. The summed E-state index contributed by atoms with van der Waals surface area (Å²) in [5, 5.41) is 7.44. The molecular formula is C44H25NOS2. The second-order valence-corrected chi connectivity index (χ2v) is 14.5. The Morgan fingerprint density at radius 3 is 1.65 bits per heavy atom. The maximum absolute atomic E-state index is 7.02. The summed E-state index contributed by atoms with van der Waals surface area (Å²) in [6, 6.07) is 54.8. The molecule has 0 atom stereocenters. The molecule has 0 bridgehead atoms. The van der Waals surface area contributed by atoms with E-state index in [2.05, 4.69) is 156 Å². The first-order chi connectivity index (χ1) is 23.8. The summed E-state index contributed by atoms with van der Waals surface area (Å²) in [7, 11) is 0. The van der Waals surface area contributed by atoms with Gasteiger partial charge in [-0.3, -0.25) is 0 Å². The van der Waals surface area contributed by atoms with E-state index < -0.39 is 0 Å². The molecule has 0 radical (unpaired) electrons. The summed E-state index contributed by atoms with van der Waals surface area (Å²) in [6.45, 7) is 0. The molecule has 0 spiro atoms. The van der Waals surface area contributed by atoms with E-state index in [1.807, 2.05) is 22.7 Å². The number of fused-ring (bicyclic) bond motifs is 11. The highest BCUT2D eigenvalue weighted by Gasteiger charge is 2.22. The average Bonchev–Trinajstić information content (AvgIpc) is 3.90. The number of nitrogens with zero attached hydrogens (tertiary/aromatic N) is 1. The number of hydrogen-bond donors (Lipinski definition) is 0. The molecule has 0 aliphatic heterocycles. The van der Waals surface area contributed by atoms with Crippen LogP contribution in [0.1, 0.15) is 0 Å². The van der Waals surface area contributed by atoms with E-state index in [9.17, 15) is 0 Å². The molecular weight excluding hydrogens is 623 g/mol. The predicted octanol–water partition coefficient (Wildman–Crippen LogP) is 13.6. The monoisotopic (exact) mass is 647 g/mol. The van der Waals surface area contributed by atoms with E-state index in [0.717, 1.165) is 33.1 Å². The molecule has 0 aliphatic rings. The third kappa shape index (κ3) is 3.56. The summed E-state index contributed by atoms with van der Waals surface area (Å²) >= 11 is 3.75. The lowest BCUT2D eigenvalue weighted by atomic mass is 9.99. The zero-order chi connectivity index (χ0) is 31.3. The Kier molecular flexibility index (Phi) is 5.45. The Bertz CT molecular complexity index is 3060. The molecule has 7 aromatic carbocycles. The van der Waals surface area contributed by atoms with Crippen molar-refractivity contribution >= 4 is 96.0 Å². The van der Waals surface area contributed by atoms with Gasteiger partial charge in [0.15, 0.2) is 0 Å². The molecule has 0 saturated carbocycles. The Hall–Kier alpha value is -5.68. The fraction of sp³-hybridized carbons (Fsp3) is 0. The Labute approximate surface area is 283 Å². The molecule has 0 unspecified atom stereocenters. The third-order valence-corrected chi connectivity index (χ3v) is 12.3. The highest BCUT2D eigenvalue weighted by atomic mass is 32.1. The lowest BCUT2D eigenvalue weighted by Crippen LogP contribution is -1.92. The van der Waals surface area contributed by atoms with Gasteiger partial charge in [0, 0.05) is 74.4 Å². The van der Waals surface area contributed by atoms with Crippen molar-refractivity contribution in [2.24, 2.45) is 0 Å². The summed E-state index contributed by atoms with van der Waals surface area (Å²) in [5.41, 5.74) is 10.2. The number of thiophene rings is 2. The van der Waals surface area contributed by atoms with Gasteiger partial charge in [-0.1, -0.05) is 127 Å². The molecule has 11 aromatic rings.